The van der Waals surface area contributed by atoms with Gasteiger partial charge >= 0.3 is 0 Å². The predicted molar refractivity (Wildman–Crippen MR) is 107 cm³/mol. The average molecular weight is 367 g/mol. The summed E-state index contributed by atoms with van der Waals surface area (Å²) >= 11 is 6.07. The van der Waals surface area contributed by atoms with E-state index in [1.54, 1.807) is 0 Å². The van der Waals surface area contributed by atoms with Gasteiger partial charge in [0.05, 0.1) is 11.3 Å². The van der Waals surface area contributed by atoms with Gasteiger partial charge in [-0.1, -0.05) is 37.6 Å². The zero-order valence-electron chi connectivity index (χ0n) is 15.1. The normalized spacial score (nSPS) is 20.3. The van der Waals surface area contributed by atoms with Crippen molar-refractivity contribution in [1.29, 1.82) is 0 Å². The molecule has 1 N–H and O–H groups in total. The van der Waals surface area contributed by atoms with E-state index in [4.69, 9.17) is 16.7 Å². The molecule has 0 radical (unpaired) electrons. The molecule has 1 saturated heterocycles. The highest BCUT2D eigenvalue weighted by molar-refractivity contribution is 6.30. The Balaban J connectivity index is 1.83. The second-order valence-corrected chi connectivity index (χ2v) is 7.83. The summed E-state index contributed by atoms with van der Waals surface area (Å²) in [4.78, 5) is 6.60. The average Bonchev–Trinajstić information content (AvgIpc) is 3.07. The predicted octanol–water partition coefficient (Wildman–Crippen LogP) is 5.27. The van der Waals surface area contributed by atoms with Gasteiger partial charge in [-0.05, 0) is 48.1 Å². The number of pyridine rings is 1. The van der Waals surface area contributed by atoms with E-state index < -0.39 is 0 Å². The monoisotopic (exact) mass is 366 g/mol. The van der Waals surface area contributed by atoms with Gasteiger partial charge in [0.1, 0.15) is 0 Å². The van der Waals surface area contributed by atoms with Crippen LogP contribution in [-0.4, -0.2) is 28.3 Å². The first-order chi connectivity index (χ1) is 12.6. The molecule has 1 aliphatic heterocycles. The first-order valence-electron chi connectivity index (χ1n) is 9.11. The first-order valence-corrected chi connectivity index (χ1v) is 9.49. The minimum atomic E-state index is 0.666. The van der Waals surface area contributed by atoms with Crippen LogP contribution in [0.1, 0.15) is 20.3 Å². The van der Waals surface area contributed by atoms with Gasteiger partial charge in [-0.25, -0.2) is 0 Å². The molecule has 2 aromatic heterocycles. The molecule has 134 valence electrons. The summed E-state index contributed by atoms with van der Waals surface area (Å²) < 4.78 is 0. The van der Waals surface area contributed by atoms with Gasteiger partial charge in [0.25, 0.3) is 0 Å². The van der Waals surface area contributed by atoms with Crippen molar-refractivity contribution in [3.8, 4) is 22.4 Å². The van der Waals surface area contributed by atoms with Gasteiger partial charge in [-0.15, -0.1) is 0 Å². The van der Waals surface area contributed by atoms with E-state index in [1.165, 1.54) is 6.42 Å². The van der Waals surface area contributed by atoms with Gasteiger partial charge in [0.2, 0.25) is 0 Å². The van der Waals surface area contributed by atoms with Crippen LogP contribution >= 0.6 is 11.6 Å². The molecule has 2 atom stereocenters. The molecular weight excluding hydrogens is 344 g/mol. The topological polar surface area (TPSA) is 44.8 Å². The zero-order valence-corrected chi connectivity index (χ0v) is 15.9. The van der Waals surface area contributed by atoms with Crippen LogP contribution in [0.4, 0.5) is 5.82 Å². The number of piperidine rings is 1. The van der Waals surface area contributed by atoms with E-state index in [0.717, 1.165) is 46.3 Å². The Morgan fingerprint density at radius 2 is 1.62 bits per heavy atom. The van der Waals surface area contributed by atoms with Crippen molar-refractivity contribution in [3.05, 3.63) is 53.8 Å². The fourth-order valence-electron chi connectivity index (χ4n) is 4.01. The van der Waals surface area contributed by atoms with E-state index in [9.17, 15) is 0 Å². The highest BCUT2D eigenvalue weighted by atomic mass is 35.5. The highest BCUT2D eigenvalue weighted by Gasteiger charge is 2.27. The summed E-state index contributed by atoms with van der Waals surface area (Å²) in [6.07, 6.45) is 4.94. The van der Waals surface area contributed by atoms with Gasteiger partial charge in [-0.2, -0.15) is 5.10 Å². The number of nitrogens with zero attached hydrogens (tertiary/aromatic N) is 3. The number of H-pyrrole nitrogens is 1. The molecule has 0 saturated carbocycles. The van der Waals surface area contributed by atoms with E-state index in [0.29, 0.717) is 11.8 Å². The molecule has 1 fully saturated rings. The molecule has 5 heteroatoms. The van der Waals surface area contributed by atoms with Gasteiger partial charge in [0, 0.05) is 36.1 Å². The Hall–Kier alpha value is -2.33. The largest absolute Gasteiger partial charge is 0.354 e. The molecule has 26 heavy (non-hydrogen) atoms. The summed E-state index contributed by atoms with van der Waals surface area (Å²) in [7, 11) is 0. The van der Waals surface area contributed by atoms with Crippen LogP contribution in [0, 0.1) is 11.8 Å². The standard InChI is InChI=1S/C21H23ClN4/c1-14-11-15(2)13-26(12-14)21-19(16-7-9-23-10-8-16)20(24-25-21)17-3-5-18(22)6-4-17/h3-10,14-15H,11-13H2,1-2H3,(H,24,25). The van der Waals surface area contributed by atoms with Crippen molar-refractivity contribution in [2.24, 2.45) is 11.8 Å². The summed E-state index contributed by atoms with van der Waals surface area (Å²) in [5, 5.41) is 8.75. The highest BCUT2D eigenvalue weighted by Crippen LogP contribution is 2.39. The molecule has 1 aliphatic rings. The second-order valence-electron chi connectivity index (χ2n) is 7.39. The summed E-state index contributed by atoms with van der Waals surface area (Å²) in [6, 6.07) is 12.0. The molecule has 2 unspecified atom stereocenters. The minimum Gasteiger partial charge on any atom is -0.354 e. The molecule has 0 spiro atoms. The Morgan fingerprint density at radius 3 is 2.27 bits per heavy atom. The van der Waals surface area contributed by atoms with E-state index in [-0.39, 0.29) is 0 Å². The Morgan fingerprint density at radius 1 is 0.962 bits per heavy atom. The lowest BCUT2D eigenvalue weighted by Gasteiger charge is -2.35. The van der Waals surface area contributed by atoms with Crippen molar-refractivity contribution >= 4 is 17.4 Å². The molecule has 4 rings (SSSR count). The minimum absolute atomic E-state index is 0.666. The summed E-state index contributed by atoms with van der Waals surface area (Å²) in [6.45, 7) is 6.71. The second kappa shape index (κ2) is 7.12. The number of anilines is 1. The van der Waals surface area contributed by atoms with Crippen LogP contribution < -0.4 is 4.90 Å². The van der Waals surface area contributed by atoms with Crippen molar-refractivity contribution in [2.75, 3.05) is 18.0 Å². The number of hydrogen-bond acceptors (Lipinski definition) is 3. The lowest BCUT2D eigenvalue weighted by atomic mass is 9.91. The Labute approximate surface area is 159 Å². The molecular formula is C21H23ClN4. The number of aromatic nitrogens is 3. The van der Waals surface area contributed by atoms with Crippen LogP contribution in [0.2, 0.25) is 5.02 Å². The lowest BCUT2D eigenvalue weighted by molar-refractivity contribution is 0.355. The van der Waals surface area contributed by atoms with Crippen LogP contribution in [0.5, 0.6) is 0 Å². The van der Waals surface area contributed by atoms with Crippen molar-refractivity contribution in [1.82, 2.24) is 15.2 Å². The molecule has 3 aromatic rings. The SMILES string of the molecule is CC1CC(C)CN(c2n[nH]c(-c3ccc(Cl)cc3)c2-c2ccncc2)C1. The lowest BCUT2D eigenvalue weighted by Crippen LogP contribution is -2.39. The fraction of sp³-hybridized carbons (Fsp3) is 0.333. The number of halogens is 1. The van der Waals surface area contributed by atoms with Crippen LogP contribution in [0.3, 0.4) is 0 Å². The van der Waals surface area contributed by atoms with E-state index in [1.807, 2.05) is 48.8 Å². The molecule has 0 aliphatic carbocycles. The van der Waals surface area contributed by atoms with Crippen molar-refractivity contribution in [3.63, 3.8) is 0 Å². The molecule has 1 aromatic carbocycles. The number of hydrogen-bond donors (Lipinski definition) is 1. The van der Waals surface area contributed by atoms with Crippen LogP contribution in [-0.2, 0) is 0 Å². The van der Waals surface area contributed by atoms with Gasteiger partial charge in [-0.3, -0.25) is 10.1 Å². The van der Waals surface area contributed by atoms with E-state index >= 15 is 0 Å². The maximum absolute atomic E-state index is 6.07. The molecule has 0 bridgehead atoms. The van der Waals surface area contributed by atoms with Crippen LogP contribution in [0.15, 0.2) is 48.8 Å². The number of nitrogens with one attached hydrogen (secondary N) is 1. The molecule has 3 heterocycles. The number of benzene rings is 1. The van der Waals surface area contributed by atoms with Gasteiger partial charge in [0.15, 0.2) is 5.82 Å². The van der Waals surface area contributed by atoms with Crippen LogP contribution in [0.25, 0.3) is 22.4 Å². The summed E-state index contributed by atoms with van der Waals surface area (Å²) in [5.74, 6) is 2.36. The maximum atomic E-state index is 6.07. The summed E-state index contributed by atoms with van der Waals surface area (Å²) in [5.41, 5.74) is 4.36. The Bertz CT molecular complexity index is 863. The third-order valence-corrected chi connectivity index (χ3v) is 5.27. The van der Waals surface area contributed by atoms with Crippen molar-refractivity contribution in [2.45, 2.75) is 20.3 Å². The van der Waals surface area contributed by atoms with Gasteiger partial charge < -0.3 is 4.90 Å². The molecule has 0 amide bonds. The quantitative estimate of drug-likeness (QED) is 0.686. The smallest absolute Gasteiger partial charge is 0.158 e. The maximum Gasteiger partial charge on any atom is 0.158 e. The van der Waals surface area contributed by atoms with E-state index in [2.05, 4.69) is 28.8 Å². The first kappa shape index (κ1) is 17.1. The fourth-order valence-corrected chi connectivity index (χ4v) is 4.14. The zero-order chi connectivity index (χ0) is 18.1. The Kier molecular flexibility index (Phi) is 4.68. The number of rotatable bonds is 3. The third kappa shape index (κ3) is 3.34. The van der Waals surface area contributed by atoms with Crippen molar-refractivity contribution < 1.29 is 0 Å². The number of aromatic amines is 1. The molecule has 4 nitrogen and oxygen atoms in total. The third-order valence-electron chi connectivity index (χ3n) is 5.02.